The zero-order valence-corrected chi connectivity index (χ0v) is 25.3. The second kappa shape index (κ2) is 18.8. The van der Waals surface area contributed by atoms with E-state index in [0.717, 1.165) is 25.0 Å². The second-order valence-corrected chi connectivity index (χ2v) is 10.9. The highest BCUT2D eigenvalue weighted by Gasteiger charge is 2.30. The third kappa shape index (κ3) is 11.7. The molecule has 0 unspecified atom stereocenters. The van der Waals surface area contributed by atoms with Gasteiger partial charge < -0.3 is 23.8 Å². The minimum absolute atomic E-state index is 0.261. The van der Waals surface area contributed by atoms with Crippen LogP contribution in [0.15, 0.2) is 48.5 Å². The smallest absolute Gasteiger partial charge is 0.409 e. The average molecular weight is 582 g/mol. The van der Waals surface area contributed by atoms with Crippen LogP contribution in [-0.2, 0) is 14.3 Å². The number of hydrogen-bond acceptors (Lipinski definition) is 7. The molecule has 0 spiro atoms. The van der Waals surface area contributed by atoms with Gasteiger partial charge in [0.15, 0.2) is 0 Å². The molecule has 1 heterocycles. The molecule has 230 valence electrons. The number of nitrogens with zero attached hydrogens (tertiary/aromatic N) is 1. The first-order valence-electron chi connectivity index (χ1n) is 15.7. The number of amides is 1. The molecule has 0 aromatic heterocycles. The number of carbonyl (C=O) groups excluding carboxylic acids is 3. The van der Waals surface area contributed by atoms with E-state index in [1.165, 1.54) is 44.9 Å². The van der Waals surface area contributed by atoms with Crippen LogP contribution in [0.3, 0.4) is 0 Å². The Morgan fingerprint density at radius 1 is 0.690 bits per heavy atom. The fourth-order valence-corrected chi connectivity index (χ4v) is 4.75. The fourth-order valence-electron chi connectivity index (χ4n) is 4.75. The van der Waals surface area contributed by atoms with Gasteiger partial charge in [0.05, 0.1) is 24.7 Å². The molecule has 2 aromatic rings. The number of esters is 2. The summed E-state index contributed by atoms with van der Waals surface area (Å²) in [4.78, 5) is 38.8. The van der Waals surface area contributed by atoms with Gasteiger partial charge in [-0.25, -0.2) is 9.59 Å². The van der Waals surface area contributed by atoms with Crippen molar-refractivity contribution in [1.29, 1.82) is 0 Å². The highest BCUT2D eigenvalue weighted by molar-refractivity contribution is 5.97. The van der Waals surface area contributed by atoms with E-state index < -0.39 is 17.9 Å². The van der Waals surface area contributed by atoms with Gasteiger partial charge in [-0.05, 0) is 74.2 Å². The summed E-state index contributed by atoms with van der Waals surface area (Å²) in [6.07, 6.45) is 12.4. The molecule has 8 nitrogen and oxygen atoms in total. The molecule has 0 saturated carbocycles. The summed E-state index contributed by atoms with van der Waals surface area (Å²) in [5.74, 6) is 0.327. The van der Waals surface area contributed by atoms with Crippen molar-refractivity contribution < 1.29 is 33.3 Å². The van der Waals surface area contributed by atoms with Gasteiger partial charge in [0.25, 0.3) is 0 Å². The lowest BCUT2D eigenvalue weighted by Gasteiger charge is -2.29. The number of hydrogen-bond donors (Lipinski definition) is 0. The number of unbranched alkanes of at least 4 members (excludes halogenated alkanes) is 8. The maximum absolute atomic E-state index is 12.5. The van der Waals surface area contributed by atoms with Crippen LogP contribution in [0.4, 0.5) is 4.79 Å². The lowest BCUT2D eigenvalue weighted by Crippen LogP contribution is -2.41. The van der Waals surface area contributed by atoms with E-state index in [4.69, 9.17) is 18.9 Å². The van der Waals surface area contributed by atoms with E-state index in [1.54, 1.807) is 29.2 Å². The van der Waals surface area contributed by atoms with Gasteiger partial charge in [-0.3, -0.25) is 4.79 Å². The predicted octanol–water partition coefficient (Wildman–Crippen LogP) is 8.33. The summed E-state index contributed by atoms with van der Waals surface area (Å²) >= 11 is 0. The lowest BCUT2D eigenvalue weighted by molar-refractivity contribution is -0.144. The van der Waals surface area contributed by atoms with Gasteiger partial charge in [0.1, 0.15) is 17.2 Å². The van der Waals surface area contributed by atoms with Gasteiger partial charge in [-0.15, -0.1) is 0 Å². The molecule has 0 radical (unpaired) electrons. The fraction of sp³-hybridized carbons (Fsp3) is 0.559. The Labute approximate surface area is 250 Å². The van der Waals surface area contributed by atoms with Crippen LogP contribution in [0.5, 0.6) is 17.2 Å². The van der Waals surface area contributed by atoms with Crippen LogP contribution >= 0.6 is 0 Å². The highest BCUT2D eigenvalue weighted by Crippen LogP contribution is 2.25. The van der Waals surface area contributed by atoms with E-state index in [9.17, 15) is 14.4 Å². The second-order valence-electron chi connectivity index (χ2n) is 10.9. The quantitative estimate of drug-likeness (QED) is 0.105. The first-order chi connectivity index (χ1) is 20.5. The Kier molecular flexibility index (Phi) is 14.7. The topological polar surface area (TPSA) is 91.4 Å². The minimum atomic E-state index is -0.703. The molecule has 3 rings (SSSR count). The zero-order chi connectivity index (χ0) is 30.0. The van der Waals surface area contributed by atoms with Gasteiger partial charge in [-0.1, -0.05) is 65.2 Å². The summed E-state index contributed by atoms with van der Waals surface area (Å²) in [5, 5.41) is 0. The molecule has 1 saturated heterocycles. The van der Waals surface area contributed by atoms with Gasteiger partial charge >= 0.3 is 18.0 Å². The van der Waals surface area contributed by atoms with Crippen molar-refractivity contribution in [2.24, 2.45) is 5.92 Å². The van der Waals surface area contributed by atoms with Crippen LogP contribution in [0.1, 0.15) is 101 Å². The number of benzene rings is 2. The molecule has 2 aromatic carbocycles. The summed E-state index contributed by atoms with van der Waals surface area (Å²) in [5.41, 5.74) is 0.261. The molecule has 1 aliphatic heterocycles. The molecule has 1 fully saturated rings. The SMILES string of the molecule is CCCCCCCCCCOc1ccc(Oc2ccc(C(=O)OC(=O)C3CCN(C(=O)OCCCC)CC3)cc2)cc1. The first kappa shape index (κ1) is 33.0. The number of likely N-dealkylation sites (tertiary alicyclic amines) is 1. The Morgan fingerprint density at radius 2 is 1.24 bits per heavy atom. The normalized spacial score (nSPS) is 13.4. The minimum Gasteiger partial charge on any atom is -0.494 e. The average Bonchev–Trinajstić information content (AvgIpc) is 3.01. The number of ether oxygens (including phenoxy) is 4. The monoisotopic (exact) mass is 581 g/mol. The van der Waals surface area contributed by atoms with Gasteiger partial charge in [0, 0.05) is 13.1 Å². The van der Waals surface area contributed by atoms with Crippen LogP contribution in [0.2, 0.25) is 0 Å². The third-order valence-corrected chi connectivity index (χ3v) is 7.42. The molecular formula is C34H47NO7. The Hall–Kier alpha value is -3.55. The molecule has 0 atom stereocenters. The molecule has 0 bridgehead atoms. The molecule has 1 amide bonds. The summed E-state index contributed by atoms with van der Waals surface area (Å²) in [6.45, 7) is 6.18. The van der Waals surface area contributed by atoms with Crippen LogP contribution in [-0.4, -0.2) is 49.2 Å². The lowest BCUT2D eigenvalue weighted by atomic mass is 9.97. The van der Waals surface area contributed by atoms with Crippen LogP contribution in [0, 0.1) is 5.92 Å². The van der Waals surface area contributed by atoms with Crippen molar-refractivity contribution >= 4 is 18.0 Å². The van der Waals surface area contributed by atoms with Crippen molar-refractivity contribution in [1.82, 2.24) is 4.90 Å². The van der Waals surface area contributed by atoms with Crippen molar-refractivity contribution in [3.8, 4) is 17.2 Å². The molecular weight excluding hydrogens is 534 g/mol. The van der Waals surface area contributed by atoms with Crippen molar-refractivity contribution in [2.75, 3.05) is 26.3 Å². The van der Waals surface area contributed by atoms with Crippen LogP contribution < -0.4 is 9.47 Å². The molecule has 0 N–H and O–H groups in total. The predicted molar refractivity (Wildman–Crippen MR) is 162 cm³/mol. The van der Waals surface area contributed by atoms with E-state index in [0.29, 0.717) is 50.6 Å². The standard InChI is InChI=1S/C34H47NO7/c1-3-5-7-8-9-10-11-12-26-39-29-17-19-31(20-18-29)41-30-15-13-27(14-16-30)32(36)42-33(37)28-21-23-35(24-22-28)34(38)40-25-6-4-2/h13-20,28H,3-12,21-26H2,1-2H3. The number of carbonyl (C=O) groups is 3. The number of rotatable bonds is 17. The summed E-state index contributed by atoms with van der Waals surface area (Å²) in [7, 11) is 0. The van der Waals surface area contributed by atoms with E-state index in [-0.39, 0.29) is 11.7 Å². The Morgan fingerprint density at radius 3 is 1.86 bits per heavy atom. The van der Waals surface area contributed by atoms with Crippen molar-refractivity contribution in [2.45, 2.75) is 90.9 Å². The van der Waals surface area contributed by atoms with Crippen molar-refractivity contribution in [3.63, 3.8) is 0 Å². The first-order valence-corrected chi connectivity index (χ1v) is 15.7. The van der Waals surface area contributed by atoms with E-state index in [2.05, 4.69) is 6.92 Å². The summed E-state index contributed by atoms with van der Waals surface area (Å²) in [6, 6.07) is 13.9. The number of piperidine rings is 1. The van der Waals surface area contributed by atoms with E-state index >= 15 is 0 Å². The largest absolute Gasteiger partial charge is 0.494 e. The molecule has 0 aliphatic carbocycles. The van der Waals surface area contributed by atoms with Crippen LogP contribution in [0.25, 0.3) is 0 Å². The Bertz CT molecular complexity index is 1080. The third-order valence-electron chi connectivity index (χ3n) is 7.42. The maximum Gasteiger partial charge on any atom is 0.409 e. The maximum atomic E-state index is 12.5. The molecule has 8 heteroatoms. The highest BCUT2D eigenvalue weighted by atomic mass is 16.6. The molecule has 42 heavy (non-hydrogen) atoms. The Balaban J connectivity index is 1.34. The summed E-state index contributed by atoms with van der Waals surface area (Å²) < 4.78 is 22.1. The molecule has 1 aliphatic rings. The zero-order valence-electron chi connectivity index (χ0n) is 25.3. The van der Waals surface area contributed by atoms with Crippen molar-refractivity contribution in [3.05, 3.63) is 54.1 Å². The van der Waals surface area contributed by atoms with Gasteiger partial charge in [-0.2, -0.15) is 0 Å². The van der Waals surface area contributed by atoms with E-state index in [1.807, 2.05) is 31.2 Å². The van der Waals surface area contributed by atoms with Gasteiger partial charge in [0.2, 0.25) is 0 Å².